The number of carbonyl (C=O) groups excluding carboxylic acids is 1. The summed E-state index contributed by atoms with van der Waals surface area (Å²) in [4.78, 5) is 11.7. The lowest BCUT2D eigenvalue weighted by molar-refractivity contribution is -0.142. The molecule has 0 unspecified atom stereocenters. The van der Waals surface area contributed by atoms with Crippen molar-refractivity contribution in [3.63, 3.8) is 0 Å². The summed E-state index contributed by atoms with van der Waals surface area (Å²) >= 11 is 0. The maximum atomic E-state index is 11.7. The van der Waals surface area contributed by atoms with Crippen LogP contribution in [0.1, 0.15) is 110 Å². The number of rotatable bonds is 18. The molecule has 0 aliphatic carbocycles. The molecule has 0 aromatic heterocycles. The number of carbonyl (C=O) groups is 1. The first-order chi connectivity index (χ1) is 14.2. The van der Waals surface area contributed by atoms with Crippen LogP contribution in [-0.2, 0) is 14.3 Å². The van der Waals surface area contributed by atoms with Gasteiger partial charge in [-0.2, -0.15) is 0 Å². The molecular weight excluding hydrogens is 364 g/mol. The molecule has 1 aliphatic rings. The topological polar surface area (TPSA) is 55.8 Å². The van der Waals surface area contributed by atoms with Crippen LogP contribution in [0.3, 0.4) is 0 Å². The fourth-order valence-electron chi connectivity index (χ4n) is 3.52. The summed E-state index contributed by atoms with van der Waals surface area (Å²) in [6.07, 6.45) is 25.6. The van der Waals surface area contributed by atoms with E-state index in [0.717, 1.165) is 12.8 Å². The summed E-state index contributed by atoms with van der Waals surface area (Å²) in [6, 6.07) is 0. The quantitative estimate of drug-likeness (QED) is 0.110. The number of allylic oxidation sites excluding steroid dienone is 3. The summed E-state index contributed by atoms with van der Waals surface area (Å²) in [7, 11) is 0. The third-order valence-electron chi connectivity index (χ3n) is 5.28. The van der Waals surface area contributed by atoms with Crippen LogP contribution < -0.4 is 0 Å². The number of hydrogen-bond acceptors (Lipinski definition) is 4. The molecule has 1 rings (SSSR count). The highest BCUT2D eigenvalue weighted by molar-refractivity contribution is 5.89. The van der Waals surface area contributed by atoms with Crippen molar-refractivity contribution in [2.24, 2.45) is 0 Å². The fraction of sp³-hybridized carbons (Fsp3) is 0.720. The van der Waals surface area contributed by atoms with Crippen LogP contribution >= 0.6 is 0 Å². The summed E-state index contributed by atoms with van der Waals surface area (Å²) in [5.41, 5.74) is 0. The molecule has 0 aromatic carbocycles. The molecule has 0 saturated carbocycles. The Balaban J connectivity index is 1.95. The summed E-state index contributed by atoms with van der Waals surface area (Å²) in [5, 5.41) is 10.0. The third-order valence-corrected chi connectivity index (χ3v) is 5.28. The van der Waals surface area contributed by atoms with Crippen molar-refractivity contribution in [2.75, 3.05) is 0 Å². The lowest BCUT2D eigenvalue weighted by Crippen LogP contribution is -2.10. The Hall–Kier alpha value is -1.71. The second-order valence-corrected chi connectivity index (χ2v) is 7.92. The Morgan fingerprint density at radius 2 is 1.45 bits per heavy atom. The predicted octanol–water partition coefficient (Wildman–Crippen LogP) is 7.66. The van der Waals surface area contributed by atoms with E-state index in [1.807, 2.05) is 0 Å². The third kappa shape index (κ3) is 11.8. The molecule has 1 heterocycles. The maximum absolute atomic E-state index is 11.7. The van der Waals surface area contributed by atoms with E-state index in [0.29, 0.717) is 6.42 Å². The molecule has 0 bridgehead atoms. The standard InChI is InChI=1S/C25H42O4/c1-3-5-6-7-8-9-10-11-12-13-14-15-16-17-18-19-20-22-23(26)24(25(27)29-22)28-21-4-2/h4,17-18,21-22,26H,3,5-16,19-20H2,1-2H3/b18-17-,21-4+/t22-/m0/s1. The molecule has 1 atom stereocenters. The second-order valence-electron chi connectivity index (χ2n) is 7.92. The number of ether oxygens (including phenoxy) is 2. The zero-order valence-corrected chi connectivity index (χ0v) is 18.7. The Labute approximate surface area is 178 Å². The molecule has 4 nitrogen and oxygen atoms in total. The lowest BCUT2D eigenvalue weighted by Gasteiger charge is -2.07. The molecule has 0 spiro atoms. The molecule has 1 aliphatic heterocycles. The van der Waals surface area contributed by atoms with Crippen LogP contribution in [0.4, 0.5) is 0 Å². The molecule has 0 aromatic rings. The van der Waals surface area contributed by atoms with Gasteiger partial charge >= 0.3 is 5.97 Å². The van der Waals surface area contributed by atoms with E-state index in [4.69, 9.17) is 9.47 Å². The molecule has 166 valence electrons. The number of cyclic esters (lactones) is 1. The number of aliphatic hydroxyl groups is 1. The first kappa shape index (κ1) is 25.3. The Kier molecular flexibility index (Phi) is 15.0. The Morgan fingerprint density at radius 1 is 0.897 bits per heavy atom. The van der Waals surface area contributed by atoms with Crippen molar-refractivity contribution in [3.05, 3.63) is 36.0 Å². The fourth-order valence-corrected chi connectivity index (χ4v) is 3.52. The minimum atomic E-state index is -0.592. The molecule has 0 amide bonds. The van der Waals surface area contributed by atoms with Gasteiger partial charge in [0, 0.05) is 0 Å². The van der Waals surface area contributed by atoms with Crippen molar-refractivity contribution >= 4 is 5.97 Å². The summed E-state index contributed by atoms with van der Waals surface area (Å²) < 4.78 is 10.2. The average Bonchev–Trinajstić information content (AvgIpc) is 2.99. The smallest absolute Gasteiger partial charge is 0.378 e. The monoisotopic (exact) mass is 406 g/mol. The van der Waals surface area contributed by atoms with Gasteiger partial charge in [-0.1, -0.05) is 95.8 Å². The van der Waals surface area contributed by atoms with Crippen LogP contribution in [0, 0.1) is 0 Å². The largest absolute Gasteiger partial charge is 0.505 e. The molecular formula is C25H42O4. The first-order valence-corrected chi connectivity index (χ1v) is 11.8. The number of hydrogen-bond donors (Lipinski definition) is 1. The first-order valence-electron chi connectivity index (χ1n) is 11.8. The maximum Gasteiger partial charge on any atom is 0.378 e. The Morgan fingerprint density at radius 3 is 2.03 bits per heavy atom. The van der Waals surface area contributed by atoms with Gasteiger partial charge in [-0.05, 0) is 32.6 Å². The van der Waals surface area contributed by atoms with E-state index in [9.17, 15) is 9.90 Å². The van der Waals surface area contributed by atoms with Gasteiger partial charge in [0.05, 0.1) is 6.26 Å². The summed E-state index contributed by atoms with van der Waals surface area (Å²) in [6.45, 7) is 4.04. The molecule has 29 heavy (non-hydrogen) atoms. The van der Waals surface area contributed by atoms with Gasteiger partial charge in [-0.25, -0.2) is 4.79 Å². The van der Waals surface area contributed by atoms with Crippen LogP contribution in [-0.4, -0.2) is 17.2 Å². The second kappa shape index (κ2) is 17.2. The zero-order valence-electron chi connectivity index (χ0n) is 18.7. The van der Waals surface area contributed by atoms with E-state index in [1.54, 1.807) is 13.0 Å². The normalized spacial score (nSPS) is 17.0. The van der Waals surface area contributed by atoms with Crippen molar-refractivity contribution in [2.45, 2.75) is 116 Å². The van der Waals surface area contributed by atoms with E-state index in [2.05, 4.69) is 19.1 Å². The van der Waals surface area contributed by atoms with Gasteiger partial charge < -0.3 is 14.6 Å². The molecule has 0 fully saturated rings. The van der Waals surface area contributed by atoms with Gasteiger partial charge in [-0.15, -0.1) is 0 Å². The van der Waals surface area contributed by atoms with Crippen molar-refractivity contribution in [1.82, 2.24) is 0 Å². The highest BCUT2D eigenvalue weighted by Gasteiger charge is 2.35. The van der Waals surface area contributed by atoms with E-state index in [1.165, 1.54) is 83.3 Å². The highest BCUT2D eigenvalue weighted by atomic mass is 16.6. The number of aliphatic hydroxyl groups excluding tert-OH is 1. The number of esters is 1. The minimum Gasteiger partial charge on any atom is -0.505 e. The molecule has 1 N–H and O–H groups in total. The zero-order chi connectivity index (χ0) is 21.2. The van der Waals surface area contributed by atoms with Crippen molar-refractivity contribution < 1.29 is 19.4 Å². The highest BCUT2D eigenvalue weighted by Crippen LogP contribution is 2.25. The molecule has 0 radical (unpaired) electrons. The van der Waals surface area contributed by atoms with Crippen molar-refractivity contribution in [3.8, 4) is 0 Å². The molecule has 4 heteroatoms. The van der Waals surface area contributed by atoms with Gasteiger partial charge in [0.25, 0.3) is 5.76 Å². The van der Waals surface area contributed by atoms with Crippen LogP contribution in [0.25, 0.3) is 0 Å². The predicted molar refractivity (Wildman–Crippen MR) is 120 cm³/mol. The molecule has 0 saturated heterocycles. The van der Waals surface area contributed by atoms with Gasteiger partial charge in [-0.3, -0.25) is 0 Å². The van der Waals surface area contributed by atoms with Crippen LogP contribution in [0.5, 0.6) is 0 Å². The van der Waals surface area contributed by atoms with Gasteiger partial charge in [0.15, 0.2) is 11.9 Å². The van der Waals surface area contributed by atoms with Crippen LogP contribution in [0.15, 0.2) is 36.0 Å². The van der Waals surface area contributed by atoms with Crippen molar-refractivity contribution in [1.29, 1.82) is 0 Å². The van der Waals surface area contributed by atoms with E-state index >= 15 is 0 Å². The van der Waals surface area contributed by atoms with Gasteiger partial charge in [0.1, 0.15) is 0 Å². The van der Waals surface area contributed by atoms with E-state index < -0.39 is 12.1 Å². The van der Waals surface area contributed by atoms with Gasteiger partial charge in [0.2, 0.25) is 0 Å². The van der Waals surface area contributed by atoms with E-state index in [-0.39, 0.29) is 11.5 Å². The lowest BCUT2D eigenvalue weighted by atomic mass is 10.0. The minimum absolute atomic E-state index is 0.0893. The average molecular weight is 407 g/mol. The summed E-state index contributed by atoms with van der Waals surface area (Å²) in [5.74, 6) is -0.776. The Bertz CT molecular complexity index is 519. The SMILES string of the molecule is C/C=C/OC1=C(O)[C@H](CC/C=C\CCCCCCCCCCCCCC)OC1=O. The number of unbranched alkanes of at least 4 members (excludes halogenated alkanes) is 12. The van der Waals surface area contributed by atoms with Crippen LogP contribution in [0.2, 0.25) is 0 Å².